The highest BCUT2D eigenvalue weighted by molar-refractivity contribution is 5.93. The van der Waals surface area contributed by atoms with Crippen LogP contribution in [0.1, 0.15) is 16.1 Å². The van der Waals surface area contributed by atoms with Crippen LogP contribution < -0.4 is 10.1 Å². The van der Waals surface area contributed by atoms with E-state index in [1.54, 1.807) is 24.9 Å². The van der Waals surface area contributed by atoms with Crippen molar-refractivity contribution in [1.82, 2.24) is 15.1 Å². The molecule has 5 nitrogen and oxygen atoms in total. The van der Waals surface area contributed by atoms with Crippen LogP contribution in [0.5, 0.6) is 5.75 Å². The number of nitrogens with one attached hydrogen (secondary N) is 1. The summed E-state index contributed by atoms with van der Waals surface area (Å²) in [5.74, 6) is 0.643. The second-order valence-electron chi connectivity index (χ2n) is 5.44. The van der Waals surface area contributed by atoms with Crippen molar-refractivity contribution in [2.75, 3.05) is 7.11 Å². The third-order valence-electron chi connectivity index (χ3n) is 3.79. The minimum absolute atomic E-state index is 0.145. The lowest BCUT2D eigenvalue weighted by Gasteiger charge is -2.05. The van der Waals surface area contributed by atoms with Gasteiger partial charge in [0.25, 0.3) is 5.91 Å². The molecule has 5 heteroatoms. The van der Waals surface area contributed by atoms with Crippen LogP contribution in [-0.2, 0) is 13.6 Å². The Labute approximate surface area is 140 Å². The average molecular weight is 321 g/mol. The van der Waals surface area contributed by atoms with Crippen molar-refractivity contribution in [3.63, 3.8) is 0 Å². The van der Waals surface area contributed by atoms with Gasteiger partial charge in [-0.1, -0.05) is 30.3 Å². The number of carbonyl (C=O) groups is 1. The summed E-state index contributed by atoms with van der Waals surface area (Å²) in [4.78, 5) is 12.4. The number of nitrogens with zero attached hydrogens (tertiary/aromatic N) is 2. The number of amides is 1. The van der Waals surface area contributed by atoms with E-state index in [1.807, 2.05) is 54.6 Å². The zero-order valence-electron chi connectivity index (χ0n) is 13.7. The fourth-order valence-corrected chi connectivity index (χ4v) is 2.45. The highest BCUT2D eigenvalue weighted by Crippen LogP contribution is 2.22. The van der Waals surface area contributed by atoms with E-state index in [0.717, 1.165) is 22.6 Å². The summed E-state index contributed by atoms with van der Waals surface area (Å²) in [6, 6.07) is 19.2. The largest absolute Gasteiger partial charge is 0.497 e. The fraction of sp³-hybridized carbons (Fsp3) is 0.158. The molecule has 2 aromatic carbocycles. The van der Waals surface area contributed by atoms with Crippen LogP contribution in [0.4, 0.5) is 0 Å². The highest BCUT2D eigenvalue weighted by atomic mass is 16.5. The zero-order chi connectivity index (χ0) is 16.9. The molecule has 1 aromatic heterocycles. The van der Waals surface area contributed by atoms with Crippen LogP contribution >= 0.6 is 0 Å². The summed E-state index contributed by atoms with van der Waals surface area (Å²) in [5, 5.41) is 7.35. The number of aromatic nitrogens is 2. The van der Waals surface area contributed by atoms with Gasteiger partial charge in [0, 0.05) is 19.2 Å². The maximum absolute atomic E-state index is 12.4. The molecule has 0 radical (unpaired) electrons. The molecular weight excluding hydrogens is 302 g/mol. The van der Waals surface area contributed by atoms with Gasteiger partial charge in [0.15, 0.2) is 0 Å². The maximum atomic E-state index is 12.4. The minimum Gasteiger partial charge on any atom is -0.497 e. The summed E-state index contributed by atoms with van der Waals surface area (Å²) in [7, 11) is 3.40. The van der Waals surface area contributed by atoms with Crippen molar-refractivity contribution in [3.05, 3.63) is 71.9 Å². The Balaban J connectivity index is 1.74. The van der Waals surface area contributed by atoms with Crippen molar-refractivity contribution in [1.29, 1.82) is 0 Å². The van der Waals surface area contributed by atoms with E-state index >= 15 is 0 Å². The monoisotopic (exact) mass is 321 g/mol. The van der Waals surface area contributed by atoms with Gasteiger partial charge in [-0.3, -0.25) is 9.48 Å². The third-order valence-corrected chi connectivity index (χ3v) is 3.79. The minimum atomic E-state index is -0.145. The molecular formula is C19H19N3O2. The van der Waals surface area contributed by atoms with Gasteiger partial charge >= 0.3 is 0 Å². The molecule has 0 atom stereocenters. The molecule has 0 saturated carbocycles. The molecule has 0 aliphatic rings. The van der Waals surface area contributed by atoms with Gasteiger partial charge in [-0.25, -0.2) is 0 Å². The van der Waals surface area contributed by atoms with Crippen molar-refractivity contribution in [3.8, 4) is 17.0 Å². The van der Waals surface area contributed by atoms with Crippen LogP contribution in [0.25, 0.3) is 11.3 Å². The quantitative estimate of drug-likeness (QED) is 0.786. The van der Waals surface area contributed by atoms with Crippen molar-refractivity contribution in [2.24, 2.45) is 7.05 Å². The van der Waals surface area contributed by atoms with Crippen LogP contribution in [0.15, 0.2) is 60.7 Å². The highest BCUT2D eigenvalue weighted by Gasteiger charge is 2.14. The first-order valence-corrected chi connectivity index (χ1v) is 7.68. The summed E-state index contributed by atoms with van der Waals surface area (Å²) in [6.07, 6.45) is 0. The summed E-state index contributed by atoms with van der Waals surface area (Å²) < 4.78 is 6.75. The third kappa shape index (κ3) is 3.46. The van der Waals surface area contributed by atoms with E-state index in [2.05, 4.69) is 10.4 Å². The van der Waals surface area contributed by atoms with Crippen molar-refractivity contribution in [2.45, 2.75) is 6.54 Å². The molecule has 0 saturated heterocycles. The van der Waals surface area contributed by atoms with Crippen LogP contribution in [-0.4, -0.2) is 22.8 Å². The molecule has 3 rings (SSSR count). The lowest BCUT2D eigenvalue weighted by molar-refractivity contribution is 0.0941. The summed E-state index contributed by atoms with van der Waals surface area (Å²) in [6.45, 7) is 0.489. The lowest BCUT2D eigenvalue weighted by Crippen LogP contribution is -2.25. The smallest absolute Gasteiger partial charge is 0.269 e. The second-order valence-corrected chi connectivity index (χ2v) is 5.44. The molecule has 122 valence electrons. The number of aryl methyl sites for hydroxylation is 1. The predicted octanol–water partition coefficient (Wildman–Crippen LogP) is 3.03. The SMILES string of the molecule is COc1ccc(-c2cc(C(=O)NCc3ccccc3)n(C)n2)cc1. The molecule has 24 heavy (non-hydrogen) atoms. The number of ether oxygens (including phenoxy) is 1. The molecule has 0 aliphatic heterocycles. The second kappa shape index (κ2) is 7.00. The van der Waals surface area contributed by atoms with Crippen LogP contribution in [0, 0.1) is 0 Å². The molecule has 0 aliphatic carbocycles. The molecule has 0 fully saturated rings. The first-order valence-electron chi connectivity index (χ1n) is 7.68. The topological polar surface area (TPSA) is 56.1 Å². The zero-order valence-corrected chi connectivity index (χ0v) is 13.7. The fourth-order valence-electron chi connectivity index (χ4n) is 2.45. The molecule has 3 aromatic rings. The van der Waals surface area contributed by atoms with Gasteiger partial charge in [-0.15, -0.1) is 0 Å². The van der Waals surface area contributed by atoms with Gasteiger partial charge < -0.3 is 10.1 Å². The van der Waals surface area contributed by atoms with Crippen LogP contribution in [0.2, 0.25) is 0 Å². The summed E-state index contributed by atoms with van der Waals surface area (Å²) >= 11 is 0. The number of hydrogen-bond acceptors (Lipinski definition) is 3. The van der Waals surface area contributed by atoms with E-state index in [9.17, 15) is 4.79 Å². The number of carbonyl (C=O) groups excluding carboxylic acids is 1. The Morgan fingerprint density at radius 2 is 1.83 bits per heavy atom. The van der Waals surface area contributed by atoms with E-state index in [-0.39, 0.29) is 5.91 Å². The molecule has 1 heterocycles. The average Bonchev–Trinajstić information content (AvgIpc) is 3.02. The number of rotatable bonds is 5. The molecule has 0 spiro atoms. The molecule has 1 N–H and O–H groups in total. The number of methoxy groups -OCH3 is 1. The van der Waals surface area contributed by atoms with E-state index in [1.165, 1.54) is 0 Å². The standard InChI is InChI=1S/C19H19N3O2/c1-22-18(19(23)20-13-14-6-4-3-5-7-14)12-17(21-22)15-8-10-16(24-2)11-9-15/h3-12H,13H2,1-2H3,(H,20,23). The van der Waals surface area contributed by atoms with E-state index < -0.39 is 0 Å². The van der Waals surface area contributed by atoms with Gasteiger partial charge in [0.2, 0.25) is 0 Å². The number of hydrogen-bond donors (Lipinski definition) is 1. The predicted molar refractivity (Wildman–Crippen MR) is 92.8 cm³/mol. The Morgan fingerprint density at radius 1 is 1.12 bits per heavy atom. The maximum Gasteiger partial charge on any atom is 0.269 e. The molecule has 1 amide bonds. The van der Waals surface area contributed by atoms with Crippen LogP contribution in [0.3, 0.4) is 0 Å². The lowest BCUT2D eigenvalue weighted by atomic mass is 10.1. The summed E-state index contributed by atoms with van der Waals surface area (Å²) in [5.41, 5.74) is 3.28. The Bertz CT molecular complexity index is 824. The van der Waals surface area contributed by atoms with Crippen molar-refractivity contribution >= 4 is 5.91 Å². The van der Waals surface area contributed by atoms with Gasteiger partial charge in [-0.05, 0) is 35.9 Å². The Hall–Kier alpha value is -3.08. The molecule has 0 bridgehead atoms. The number of benzene rings is 2. The van der Waals surface area contributed by atoms with Gasteiger partial charge in [-0.2, -0.15) is 5.10 Å². The first-order chi connectivity index (χ1) is 11.7. The first kappa shape index (κ1) is 15.8. The Morgan fingerprint density at radius 3 is 2.50 bits per heavy atom. The van der Waals surface area contributed by atoms with E-state index in [0.29, 0.717) is 12.2 Å². The van der Waals surface area contributed by atoms with Gasteiger partial charge in [0.05, 0.1) is 12.8 Å². The molecule has 0 unspecified atom stereocenters. The van der Waals surface area contributed by atoms with Gasteiger partial charge in [0.1, 0.15) is 11.4 Å². The normalized spacial score (nSPS) is 10.4. The van der Waals surface area contributed by atoms with E-state index in [4.69, 9.17) is 4.74 Å². The Kier molecular flexibility index (Phi) is 4.61. The van der Waals surface area contributed by atoms with Crippen molar-refractivity contribution < 1.29 is 9.53 Å².